The van der Waals surface area contributed by atoms with Gasteiger partial charge in [0.1, 0.15) is 0 Å². The highest BCUT2D eigenvalue weighted by molar-refractivity contribution is 7.07. The molecule has 1 heterocycles. The monoisotopic (exact) mass is 159 g/mol. The van der Waals surface area contributed by atoms with Crippen LogP contribution in [0.1, 0.15) is 6.92 Å². The molecule has 0 aromatic carbocycles. The van der Waals surface area contributed by atoms with E-state index in [1.54, 1.807) is 18.5 Å². The van der Waals surface area contributed by atoms with E-state index >= 15 is 0 Å². The predicted molar refractivity (Wildman–Crippen MR) is 40.3 cm³/mol. The minimum atomic E-state index is -0.452. The van der Waals surface area contributed by atoms with E-state index in [9.17, 15) is 4.79 Å². The highest BCUT2D eigenvalue weighted by atomic mass is 32.1. The van der Waals surface area contributed by atoms with Gasteiger partial charge in [0.2, 0.25) is 0 Å². The Morgan fingerprint density at radius 3 is 3.00 bits per heavy atom. The first-order valence-electron chi connectivity index (χ1n) is 3.02. The number of hydrogen-bond donors (Lipinski definition) is 1. The number of aliphatic hydroxyl groups excluding tert-OH is 1. The van der Waals surface area contributed by atoms with Gasteiger partial charge in [-0.25, -0.2) is 0 Å². The molecule has 0 amide bonds. The van der Waals surface area contributed by atoms with Gasteiger partial charge in [-0.1, -0.05) is 11.3 Å². The van der Waals surface area contributed by atoms with Crippen LogP contribution in [-0.4, -0.2) is 15.8 Å². The molecule has 0 aliphatic carbocycles. The number of rotatable bonds is 2. The van der Waals surface area contributed by atoms with Gasteiger partial charge < -0.3 is 9.67 Å². The second-order valence-corrected chi connectivity index (χ2v) is 3.03. The second kappa shape index (κ2) is 2.98. The summed E-state index contributed by atoms with van der Waals surface area (Å²) in [4.78, 5) is 10.8. The first kappa shape index (κ1) is 7.50. The van der Waals surface area contributed by atoms with Crippen molar-refractivity contribution in [1.82, 2.24) is 4.57 Å². The van der Waals surface area contributed by atoms with Crippen LogP contribution in [0.5, 0.6) is 0 Å². The fourth-order valence-electron chi connectivity index (χ4n) is 0.711. The van der Waals surface area contributed by atoms with Crippen molar-refractivity contribution in [1.29, 1.82) is 0 Å². The summed E-state index contributed by atoms with van der Waals surface area (Å²) < 4.78 is 1.50. The van der Waals surface area contributed by atoms with Crippen LogP contribution in [0.3, 0.4) is 0 Å². The van der Waals surface area contributed by atoms with Crippen LogP contribution in [0.25, 0.3) is 0 Å². The third-order valence-corrected chi connectivity index (χ3v) is 1.80. The number of thiazole rings is 1. The van der Waals surface area contributed by atoms with E-state index in [1.165, 1.54) is 4.57 Å². The first-order chi connectivity index (χ1) is 4.70. The Balaban J connectivity index is 2.75. The molecule has 0 fully saturated rings. The third kappa shape index (κ3) is 1.68. The van der Waals surface area contributed by atoms with Gasteiger partial charge in [0.15, 0.2) is 0 Å². The molecular weight excluding hydrogens is 150 g/mol. The maximum absolute atomic E-state index is 10.8. The summed E-state index contributed by atoms with van der Waals surface area (Å²) in [5, 5.41) is 10.6. The normalized spacial score (nSPS) is 13.4. The minimum absolute atomic E-state index is 0.0131. The Kier molecular flexibility index (Phi) is 2.24. The van der Waals surface area contributed by atoms with E-state index in [4.69, 9.17) is 5.11 Å². The van der Waals surface area contributed by atoms with Crippen molar-refractivity contribution in [3.8, 4) is 0 Å². The van der Waals surface area contributed by atoms with Crippen LogP contribution in [0, 0.1) is 0 Å². The molecule has 10 heavy (non-hydrogen) atoms. The Labute approximate surface area is 62.6 Å². The fraction of sp³-hybridized carbons (Fsp3) is 0.500. The van der Waals surface area contributed by atoms with Crippen molar-refractivity contribution in [2.75, 3.05) is 0 Å². The fourth-order valence-corrected chi connectivity index (χ4v) is 1.31. The van der Waals surface area contributed by atoms with Gasteiger partial charge in [0.25, 0.3) is 0 Å². The molecule has 3 nitrogen and oxygen atoms in total. The lowest BCUT2D eigenvalue weighted by molar-refractivity contribution is 0.173. The smallest absolute Gasteiger partial charge is 0.307 e. The highest BCUT2D eigenvalue weighted by Gasteiger charge is 1.99. The molecule has 4 heteroatoms. The zero-order chi connectivity index (χ0) is 7.56. The van der Waals surface area contributed by atoms with Crippen molar-refractivity contribution in [3.05, 3.63) is 21.2 Å². The Bertz CT molecular complexity index is 250. The third-order valence-electron chi connectivity index (χ3n) is 1.11. The molecular formula is C6H9NO2S. The van der Waals surface area contributed by atoms with E-state index in [0.29, 0.717) is 6.54 Å². The van der Waals surface area contributed by atoms with Crippen LogP contribution in [0.15, 0.2) is 16.4 Å². The van der Waals surface area contributed by atoms with Crippen molar-refractivity contribution in [3.63, 3.8) is 0 Å². The minimum Gasteiger partial charge on any atom is -0.392 e. The van der Waals surface area contributed by atoms with Gasteiger partial charge in [-0.15, -0.1) is 0 Å². The highest BCUT2D eigenvalue weighted by Crippen LogP contribution is 1.91. The van der Waals surface area contributed by atoms with Crippen LogP contribution in [0.2, 0.25) is 0 Å². The molecule has 0 aliphatic rings. The second-order valence-electron chi connectivity index (χ2n) is 2.17. The summed E-state index contributed by atoms with van der Waals surface area (Å²) in [6.07, 6.45) is 1.23. The summed E-state index contributed by atoms with van der Waals surface area (Å²) in [6.45, 7) is 2.05. The lowest BCUT2D eigenvalue weighted by atomic mass is 10.4. The van der Waals surface area contributed by atoms with Gasteiger partial charge in [0.05, 0.1) is 12.6 Å². The molecule has 1 atom stereocenters. The quantitative estimate of drug-likeness (QED) is 0.674. The topological polar surface area (TPSA) is 42.2 Å². The molecule has 0 radical (unpaired) electrons. The average Bonchev–Trinajstić information content (AvgIpc) is 2.15. The van der Waals surface area contributed by atoms with Crippen molar-refractivity contribution < 1.29 is 5.11 Å². The van der Waals surface area contributed by atoms with Crippen LogP contribution in [0.4, 0.5) is 0 Å². The Morgan fingerprint density at radius 1 is 1.90 bits per heavy atom. The van der Waals surface area contributed by atoms with Gasteiger partial charge >= 0.3 is 4.87 Å². The summed E-state index contributed by atoms with van der Waals surface area (Å²) in [6, 6.07) is 0. The van der Waals surface area contributed by atoms with Gasteiger partial charge in [-0.2, -0.15) is 0 Å². The van der Waals surface area contributed by atoms with Crippen LogP contribution in [-0.2, 0) is 6.54 Å². The zero-order valence-corrected chi connectivity index (χ0v) is 6.47. The van der Waals surface area contributed by atoms with E-state index in [-0.39, 0.29) is 4.87 Å². The van der Waals surface area contributed by atoms with Crippen LogP contribution < -0.4 is 4.87 Å². The van der Waals surface area contributed by atoms with Crippen molar-refractivity contribution in [2.24, 2.45) is 0 Å². The summed E-state index contributed by atoms with van der Waals surface area (Å²) in [5.74, 6) is 0. The van der Waals surface area contributed by atoms with E-state index in [2.05, 4.69) is 0 Å². The summed E-state index contributed by atoms with van der Waals surface area (Å²) >= 11 is 1.14. The lowest BCUT2D eigenvalue weighted by Gasteiger charge is -2.01. The Morgan fingerprint density at radius 2 is 2.60 bits per heavy atom. The van der Waals surface area contributed by atoms with Crippen molar-refractivity contribution >= 4 is 11.3 Å². The molecule has 1 N–H and O–H groups in total. The van der Waals surface area contributed by atoms with E-state index in [0.717, 1.165) is 11.3 Å². The molecule has 1 rings (SSSR count). The number of hydrogen-bond acceptors (Lipinski definition) is 3. The van der Waals surface area contributed by atoms with Gasteiger partial charge in [-0.05, 0) is 6.92 Å². The summed E-state index contributed by atoms with van der Waals surface area (Å²) in [7, 11) is 0. The first-order valence-corrected chi connectivity index (χ1v) is 3.90. The van der Waals surface area contributed by atoms with Gasteiger partial charge in [-0.3, -0.25) is 4.79 Å². The molecule has 0 saturated carbocycles. The molecule has 1 aromatic heterocycles. The maximum atomic E-state index is 10.8. The predicted octanol–water partition coefficient (Wildman–Crippen LogP) is 0.291. The largest absolute Gasteiger partial charge is 0.392 e. The number of aliphatic hydroxyl groups is 1. The van der Waals surface area contributed by atoms with E-state index in [1.807, 2.05) is 0 Å². The maximum Gasteiger partial charge on any atom is 0.307 e. The zero-order valence-electron chi connectivity index (χ0n) is 5.65. The number of aromatic nitrogens is 1. The molecule has 56 valence electrons. The SMILES string of the molecule is CC(O)Cn1ccsc1=O. The van der Waals surface area contributed by atoms with Gasteiger partial charge in [0, 0.05) is 11.6 Å². The Hall–Kier alpha value is -0.610. The molecule has 0 bridgehead atoms. The van der Waals surface area contributed by atoms with E-state index < -0.39 is 6.10 Å². The molecule has 1 unspecified atom stereocenters. The standard InChI is InChI=1S/C6H9NO2S/c1-5(8)4-7-2-3-10-6(7)9/h2-3,5,8H,4H2,1H3. The average molecular weight is 159 g/mol. The number of nitrogens with zero attached hydrogens (tertiary/aromatic N) is 1. The molecule has 0 saturated heterocycles. The van der Waals surface area contributed by atoms with Crippen molar-refractivity contribution in [2.45, 2.75) is 19.6 Å². The summed E-state index contributed by atoms with van der Waals surface area (Å²) in [5.41, 5.74) is 0. The molecule has 0 spiro atoms. The van der Waals surface area contributed by atoms with Crippen LogP contribution >= 0.6 is 11.3 Å². The lowest BCUT2D eigenvalue weighted by Crippen LogP contribution is -2.19. The molecule has 1 aromatic rings. The molecule has 0 aliphatic heterocycles.